The van der Waals surface area contributed by atoms with Crippen molar-refractivity contribution in [2.24, 2.45) is 0 Å². The third kappa shape index (κ3) is 4.99. The molecule has 0 unspecified atom stereocenters. The van der Waals surface area contributed by atoms with Crippen molar-refractivity contribution in [3.8, 4) is 0 Å². The molecule has 6 nitrogen and oxygen atoms in total. The monoisotopic (exact) mass is 399 g/mol. The Labute approximate surface area is 165 Å². The van der Waals surface area contributed by atoms with Crippen molar-refractivity contribution < 1.29 is 13.2 Å². The van der Waals surface area contributed by atoms with Crippen molar-refractivity contribution in [3.05, 3.63) is 71.4 Å². The van der Waals surface area contributed by atoms with Gasteiger partial charge in [0.1, 0.15) is 0 Å². The number of nitrogens with one attached hydrogen (secondary N) is 2. The van der Waals surface area contributed by atoms with E-state index in [2.05, 4.69) is 10.3 Å². The maximum Gasteiger partial charge on any atom is 0.251 e. The van der Waals surface area contributed by atoms with E-state index in [0.29, 0.717) is 18.5 Å². The Hall–Kier alpha value is -2.64. The van der Waals surface area contributed by atoms with Gasteiger partial charge in [0.05, 0.1) is 6.26 Å². The summed E-state index contributed by atoms with van der Waals surface area (Å²) in [6.07, 6.45) is 3.72. The van der Waals surface area contributed by atoms with E-state index in [4.69, 9.17) is 0 Å². The molecule has 2 N–H and O–H groups in total. The minimum absolute atomic E-state index is 0.200. The van der Waals surface area contributed by atoms with Crippen LogP contribution in [0.5, 0.6) is 0 Å². The topological polar surface area (TPSA) is 82.3 Å². The molecular weight excluding hydrogens is 374 g/mol. The molecule has 0 saturated carbocycles. The van der Waals surface area contributed by atoms with Gasteiger partial charge < -0.3 is 10.3 Å². The van der Waals surface area contributed by atoms with Crippen molar-refractivity contribution in [2.75, 3.05) is 25.9 Å². The number of aryl methyl sites for hydroxylation is 1. The number of carbonyl (C=O) groups is 1. The number of sulfonamides is 1. The Bertz CT molecular complexity index is 1070. The second-order valence-electron chi connectivity index (χ2n) is 6.90. The molecule has 0 aliphatic heterocycles. The third-order valence-corrected chi connectivity index (χ3v) is 6.00. The number of rotatable bonds is 8. The fourth-order valence-corrected chi connectivity index (χ4v) is 4.06. The van der Waals surface area contributed by atoms with Crippen molar-refractivity contribution in [1.29, 1.82) is 0 Å². The maximum atomic E-state index is 12.2. The highest BCUT2D eigenvalue weighted by Crippen LogP contribution is 2.18. The van der Waals surface area contributed by atoms with Crippen LogP contribution in [-0.2, 0) is 16.4 Å². The average molecular weight is 400 g/mol. The molecule has 3 aromatic rings. The van der Waals surface area contributed by atoms with E-state index in [-0.39, 0.29) is 19.0 Å². The molecule has 0 saturated heterocycles. The first kappa shape index (κ1) is 20.1. The van der Waals surface area contributed by atoms with Gasteiger partial charge in [0.2, 0.25) is 10.0 Å². The predicted molar refractivity (Wildman–Crippen MR) is 112 cm³/mol. The molecule has 1 heterocycles. The molecule has 0 fully saturated rings. The number of hydrogen-bond donors (Lipinski definition) is 2. The number of fused-ring (bicyclic) bond motifs is 1. The lowest BCUT2D eigenvalue weighted by atomic mass is 10.1. The molecule has 7 heteroatoms. The van der Waals surface area contributed by atoms with Crippen molar-refractivity contribution in [1.82, 2.24) is 14.6 Å². The number of amides is 1. The number of H-pyrrole nitrogens is 1. The zero-order valence-electron chi connectivity index (χ0n) is 16.1. The van der Waals surface area contributed by atoms with Crippen molar-refractivity contribution in [3.63, 3.8) is 0 Å². The second kappa shape index (κ2) is 8.58. The van der Waals surface area contributed by atoms with E-state index in [1.54, 1.807) is 12.1 Å². The highest BCUT2D eigenvalue weighted by atomic mass is 32.2. The summed E-state index contributed by atoms with van der Waals surface area (Å²) in [7, 11) is -3.37. The number of carbonyl (C=O) groups excluding carboxylic acids is 1. The number of benzene rings is 2. The van der Waals surface area contributed by atoms with Gasteiger partial charge in [-0.3, -0.25) is 4.79 Å². The van der Waals surface area contributed by atoms with Crippen molar-refractivity contribution in [2.45, 2.75) is 13.3 Å². The second-order valence-corrected chi connectivity index (χ2v) is 8.88. The minimum Gasteiger partial charge on any atom is -0.361 e. The van der Waals surface area contributed by atoms with E-state index >= 15 is 0 Å². The van der Waals surface area contributed by atoms with Crippen LogP contribution in [-0.4, -0.2) is 49.5 Å². The van der Waals surface area contributed by atoms with E-state index in [9.17, 15) is 13.2 Å². The Morgan fingerprint density at radius 1 is 1.11 bits per heavy atom. The first-order chi connectivity index (χ1) is 13.3. The first-order valence-electron chi connectivity index (χ1n) is 9.19. The van der Waals surface area contributed by atoms with Crippen LogP contribution in [0.1, 0.15) is 21.5 Å². The summed E-state index contributed by atoms with van der Waals surface area (Å²) in [6.45, 7) is 2.78. The smallest absolute Gasteiger partial charge is 0.251 e. The molecule has 0 aliphatic rings. The lowest BCUT2D eigenvalue weighted by Gasteiger charge is -2.20. The number of aromatic nitrogens is 1. The van der Waals surface area contributed by atoms with Gasteiger partial charge >= 0.3 is 0 Å². The largest absolute Gasteiger partial charge is 0.361 e. The molecule has 28 heavy (non-hydrogen) atoms. The van der Waals surface area contributed by atoms with Crippen LogP contribution in [0, 0.1) is 6.92 Å². The molecule has 0 aliphatic carbocycles. The number of para-hydroxylation sites is 1. The van der Waals surface area contributed by atoms with E-state index < -0.39 is 10.0 Å². The SMILES string of the molecule is Cc1cccc(C(=O)NCCN(CCc2c[nH]c3ccccc23)S(C)(=O)=O)c1. The zero-order valence-corrected chi connectivity index (χ0v) is 16.9. The molecule has 0 radical (unpaired) electrons. The fraction of sp³-hybridized carbons (Fsp3) is 0.286. The van der Waals surface area contributed by atoms with Gasteiger partial charge in [-0.2, -0.15) is 0 Å². The Morgan fingerprint density at radius 2 is 1.89 bits per heavy atom. The van der Waals surface area contributed by atoms with Crippen molar-refractivity contribution >= 4 is 26.8 Å². The van der Waals surface area contributed by atoms with Crippen LogP contribution in [0.2, 0.25) is 0 Å². The lowest BCUT2D eigenvalue weighted by Crippen LogP contribution is -2.39. The van der Waals surface area contributed by atoms with Crippen LogP contribution >= 0.6 is 0 Å². The summed E-state index contributed by atoms with van der Waals surface area (Å²) in [4.78, 5) is 15.4. The van der Waals surface area contributed by atoms with E-state index in [1.165, 1.54) is 10.6 Å². The highest BCUT2D eigenvalue weighted by Gasteiger charge is 2.17. The Balaban J connectivity index is 1.59. The van der Waals surface area contributed by atoms with Gasteiger partial charge in [-0.1, -0.05) is 35.9 Å². The Morgan fingerprint density at radius 3 is 2.64 bits per heavy atom. The Kier molecular flexibility index (Phi) is 6.16. The van der Waals surface area contributed by atoms with Crippen LogP contribution in [0.4, 0.5) is 0 Å². The summed E-state index contributed by atoms with van der Waals surface area (Å²) in [5.74, 6) is -0.200. The average Bonchev–Trinajstić information content (AvgIpc) is 3.06. The van der Waals surface area contributed by atoms with E-state index in [0.717, 1.165) is 22.0 Å². The molecule has 0 bridgehead atoms. The quantitative estimate of drug-likeness (QED) is 0.611. The van der Waals surface area contributed by atoms with Gasteiger partial charge in [0.25, 0.3) is 5.91 Å². The van der Waals surface area contributed by atoms with Crippen LogP contribution in [0.25, 0.3) is 10.9 Å². The predicted octanol–water partition coefficient (Wildman–Crippen LogP) is 2.71. The molecule has 2 aromatic carbocycles. The maximum absolute atomic E-state index is 12.2. The molecule has 1 amide bonds. The van der Waals surface area contributed by atoms with Gasteiger partial charge in [-0.25, -0.2) is 12.7 Å². The third-order valence-electron chi connectivity index (χ3n) is 4.70. The number of hydrogen-bond acceptors (Lipinski definition) is 3. The van der Waals surface area contributed by atoms with E-state index in [1.807, 2.05) is 49.5 Å². The molecule has 1 aromatic heterocycles. The fourth-order valence-electron chi connectivity index (χ4n) is 3.21. The van der Waals surface area contributed by atoms with Crippen LogP contribution < -0.4 is 5.32 Å². The van der Waals surface area contributed by atoms with Gasteiger partial charge in [-0.05, 0) is 37.1 Å². The van der Waals surface area contributed by atoms with Gasteiger partial charge in [-0.15, -0.1) is 0 Å². The highest BCUT2D eigenvalue weighted by molar-refractivity contribution is 7.88. The number of aromatic amines is 1. The van der Waals surface area contributed by atoms with Gasteiger partial charge in [0, 0.05) is 42.3 Å². The van der Waals surface area contributed by atoms with Crippen LogP contribution in [0.15, 0.2) is 54.7 Å². The normalized spacial score (nSPS) is 11.8. The lowest BCUT2D eigenvalue weighted by molar-refractivity contribution is 0.0951. The number of nitrogens with zero attached hydrogens (tertiary/aromatic N) is 1. The molecule has 0 atom stereocenters. The standard InChI is InChI=1S/C21H25N3O3S/c1-16-6-5-7-17(14-16)21(25)22-11-13-24(28(2,26)27)12-10-18-15-23-20-9-4-3-8-19(18)20/h3-9,14-15,23H,10-13H2,1-2H3,(H,22,25). The minimum atomic E-state index is -3.37. The zero-order chi connectivity index (χ0) is 20.1. The summed E-state index contributed by atoms with van der Waals surface area (Å²) in [6, 6.07) is 15.2. The van der Waals surface area contributed by atoms with Crippen LogP contribution in [0.3, 0.4) is 0 Å². The summed E-state index contributed by atoms with van der Waals surface area (Å²) < 4.78 is 25.7. The summed E-state index contributed by atoms with van der Waals surface area (Å²) in [5.41, 5.74) is 3.69. The van der Waals surface area contributed by atoms with Gasteiger partial charge in [0.15, 0.2) is 0 Å². The summed E-state index contributed by atoms with van der Waals surface area (Å²) >= 11 is 0. The first-order valence-corrected chi connectivity index (χ1v) is 11.0. The summed E-state index contributed by atoms with van der Waals surface area (Å²) in [5, 5.41) is 3.90. The molecule has 0 spiro atoms. The molecule has 148 valence electrons. The molecule has 3 rings (SSSR count). The molecular formula is C21H25N3O3S.